The first-order valence-electron chi connectivity index (χ1n) is 10.5. The lowest BCUT2D eigenvalue weighted by Crippen LogP contribution is -2.06. The lowest BCUT2D eigenvalue weighted by atomic mass is 10.0. The summed E-state index contributed by atoms with van der Waals surface area (Å²) in [6.07, 6.45) is 2.23. The molecule has 3 rings (SSSR count). The maximum absolute atomic E-state index is 14.1. The summed E-state index contributed by atoms with van der Waals surface area (Å²) in [4.78, 5) is 12.5. The van der Waals surface area contributed by atoms with Crippen molar-refractivity contribution in [3.05, 3.63) is 88.7 Å². The van der Waals surface area contributed by atoms with E-state index in [2.05, 4.69) is 19.1 Å². The number of ketones is 1. The lowest BCUT2D eigenvalue weighted by Gasteiger charge is -2.10. The third-order valence-electron chi connectivity index (χ3n) is 4.94. The molecule has 5 heteroatoms. The Kier molecular flexibility index (Phi) is 7.65. The van der Waals surface area contributed by atoms with Gasteiger partial charge in [-0.05, 0) is 54.3 Å². The quantitative estimate of drug-likeness (QED) is 0.414. The van der Waals surface area contributed by atoms with Crippen LogP contribution < -0.4 is 9.47 Å². The van der Waals surface area contributed by atoms with E-state index in [-0.39, 0.29) is 30.1 Å². The second-order valence-electron chi connectivity index (χ2n) is 7.31. The van der Waals surface area contributed by atoms with Gasteiger partial charge in [-0.15, -0.1) is 0 Å². The zero-order valence-electron chi connectivity index (χ0n) is 17.9. The van der Waals surface area contributed by atoms with E-state index in [4.69, 9.17) is 9.47 Å². The number of carbonyl (C=O) groups excluding carboxylic acids is 1. The van der Waals surface area contributed by atoms with Crippen LogP contribution in [0.4, 0.5) is 4.39 Å². The Morgan fingerprint density at radius 1 is 0.871 bits per heavy atom. The monoisotopic (exact) mass is 422 g/mol. The van der Waals surface area contributed by atoms with Crippen molar-refractivity contribution in [1.29, 1.82) is 0 Å². The number of aryl methyl sites for hydroxylation is 1. The van der Waals surface area contributed by atoms with Crippen LogP contribution in [0, 0.1) is 5.82 Å². The van der Waals surface area contributed by atoms with Gasteiger partial charge >= 0.3 is 0 Å². The molecule has 0 aromatic heterocycles. The summed E-state index contributed by atoms with van der Waals surface area (Å²) in [6, 6.07) is 18.3. The van der Waals surface area contributed by atoms with E-state index in [9.17, 15) is 14.3 Å². The molecule has 0 amide bonds. The summed E-state index contributed by atoms with van der Waals surface area (Å²) in [5, 5.41) is 10.0. The SMILES string of the molecule is CCCc1ccc(OCc2ccc(CC(=O)c3ccc(OCC)c(F)c3O)cc2)cc1. The van der Waals surface area contributed by atoms with Crippen LogP contribution in [0.2, 0.25) is 0 Å². The molecule has 0 aliphatic carbocycles. The molecule has 0 heterocycles. The highest BCUT2D eigenvalue weighted by atomic mass is 19.1. The van der Waals surface area contributed by atoms with Crippen LogP contribution in [0.5, 0.6) is 17.2 Å². The van der Waals surface area contributed by atoms with Crippen molar-refractivity contribution in [3.8, 4) is 17.2 Å². The van der Waals surface area contributed by atoms with Gasteiger partial charge in [0.2, 0.25) is 5.82 Å². The van der Waals surface area contributed by atoms with E-state index in [0.717, 1.165) is 29.7 Å². The molecule has 0 saturated carbocycles. The molecule has 0 atom stereocenters. The Bertz CT molecular complexity index is 1010. The fourth-order valence-electron chi connectivity index (χ4n) is 3.28. The number of ether oxygens (including phenoxy) is 2. The first-order valence-corrected chi connectivity index (χ1v) is 10.5. The van der Waals surface area contributed by atoms with E-state index in [1.807, 2.05) is 36.4 Å². The predicted molar refractivity (Wildman–Crippen MR) is 118 cm³/mol. The predicted octanol–water partition coefficient (Wildman–Crippen LogP) is 5.89. The van der Waals surface area contributed by atoms with Crippen molar-refractivity contribution in [2.45, 2.75) is 39.7 Å². The molecule has 0 unspecified atom stereocenters. The highest BCUT2D eigenvalue weighted by Gasteiger charge is 2.19. The van der Waals surface area contributed by atoms with Gasteiger partial charge in [0.1, 0.15) is 12.4 Å². The number of aromatic hydroxyl groups is 1. The third kappa shape index (κ3) is 5.85. The molecule has 0 spiro atoms. The number of carbonyl (C=O) groups is 1. The van der Waals surface area contributed by atoms with Crippen LogP contribution in [0.25, 0.3) is 0 Å². The molecule has 0 fully saturated rings. The van der Waals surface area contributed by atoms with Gasteiger partial charge in [-0.25, -0.2) is 0 Å². The van der Waals surface area contributed by atoms with Crippen molar-refractivity contribution < 1.29 is 23.8 Å². The Hall–Kier alpha value is -3.34. The molecule has 1 N–H and O–H groups in total. The molecule has 3 aromatic rings. The van der Waals surface area contributed by atoms with E-state index in [1.54, 1.807) is 6.92 Å². The Morgan fingerprint density at radius 2 is 1.52 bits per heavy atom. The smallest absolute Gasteiger partial charge is 0.207 e. The standard InChI is InChI=1S/C26H27FO4/c1-3-5-18-10-12-21(13-11-18)31-17-20-8-6-19(7-9-20)16-23(28)22-14-15-24(30-4-2)25(27)26(22)29/h6-15,29H,3-5,16-17H2,1-2H3. The van der Waals surface area contributed by atoms with Crippen LogP contribution in [0.3, 0.4) is 0 Å². The minimum absolute atomic E-state index is 0.0557. The molecule has 31 heavy (non-hydrogen) atoms. The van der Waals surface area contributed by atoms with Gasteiger partial charge in [0.25, 0.3) is 0 Å². The van der Waals surface area contributed by atoms with Crippen LogP contribution >= 0.6 is 0 Å². The maximum Gasteiger partial charge on any atom is 0.207 e. The molecule has 3 aromatic carbocycles. The zero-order valence-corrected chi connectivity index (χ0v) is 17.9. The summed E-state index contributed by atoms with van der Waals surface area (Å²) >= 11 is 0. The first kappa shape index (κ1) is 22.3. The fraction of sp³-hybridized carbons (Fsp3) is 0.269. The Morgan fingerprint density at radius 3 is 2.16 bits per heavy atom. The lowest BCUT2D eigenvalue weighted by molar-refractivity contribution is 0.0989. The molecule has 0 aliphatic rings. The molecular weight excluding hydrogens is 395 g/mol. The average Bonchev–Trinajstić information content (AvgIpc) is 2.78. The third-order valence-corrected chi connectivity index (χ3v) is 4.94. The van der Waals surface area contributed by atoms with E-state index in [1.165, 1.54) is 17.7 Å². The number of hydrogen-bond acceptors (Lipinski definition) is 4. The number of hydrogen-bond donors (Lipinski definition) is 1. The highest BCUT2D eigenvalue weighted by Crippen LogP contribution is 2.30. The van der Waals surface area contributed by atoms with Crippen molar-refractivity contribution in [2.75, 3.05) is 6.61 Å². The van der Waals surface area contributed by atoms with E-state index in [0.29, 0.717) is 6.61 Å². The minimum Gasteiger partial charge on any atom is -0.504 e. The summed E-state index contributed by atoms with van der Waals surface area (Å²) in [7, 11) is 0. The summed E-state index contributed by atoms with van der Waals surface area (Å²) in [6.45, 7) is 4.56. The van der Waals surface area contributed by atoms with E-state index >= 15 is 0 Å². The largest absolute Gasteiger partial charge is 0.504 e. The summed E-state index contributed by atoms with van der Waals surface area (Å²) < 4.78 is 25.1. The number of benzene rings is 3. The van der Waals surface area contributed by atoms with Gasteiger partial charge in [0, 0.05) is 6.42 Å². The van der Waals surface area contributed by atoms with Crippen LogP contribution in [-0.2, 0) is 19.4 Å². The highest BCUT2D eigenvalue weighted by molar-refractivity contribution is 6.00. The molecular formula is C26H27FO4. The average molecular weight is 422 g/mol. The normalized spacial score (nSPS) is 10.7. The van der Waals surface area contributed by atoms with Crippen LogP contribution in [0.15, 0.2) is 60.7 Å². The second-order valence-corrected chi connectivity index (χ2v) is 7.31. The first-order chi connectivity index (χ1) is 15.0. The van der Waals surface area contributed by atoms with Crippen molar-refractivity contribution >= 4 is 5.78 Å². The van der Waals surface area contributed by atoms with Crippen LogP contribution in [-0.4, -0.2) is 17.5 Å². The topological polar surface area (TPSA) is 55.8 Å². The second kappa shape index (κ2) is 10.6. The number of halogens is 1. The molecule has 0 saturated heterocycles. The van der Waals surface area contributed by atoms with Gasteiger partial charge in [-0.3, -0.25) is 4.79 Å². The molecule has 0 aliphatic heterocycles. The maximum atomic E-state index is 14.1. The molecule has 162 valence electrons. The van der Waals surface area contributed by atoms with E-state index < -0.39 is 11.6 Å². The minimum atomic E-state index is -0.914. The number of rotatable bonds is 10. The van der Waals surface area contributed by atoms with Crippen molar-refractivity contribution in [1.82, 2.24) is 0 Å². The summed E-state index contributed by atoms with van der Waals surface area (Å²) in [5.74, 6) is -1.21. The fourth-order valence-corrected chi connectivity index (χ4v) is 3.28. The zero-order chi connectivity index (χ0) is 22.2. The van der Waals surface area contributed by atoms with Gasteiger partial charge in [-0.1, -0.05) is 49.7 Å². The van der Waals surface area contributed by atoms with Crippen molar-refractivity contribution in [3.63, 3.8) is 0 Å². The van der Waals surface area contributed by atoms with Crippen molar-refractivity contribution in [2.24, 2.45) is 0 Å². The Balaban J connectivity index is 1.59. The van der Waals surface area contributed by atoms with Gasteiger partial charge in [0.15, 0.2) is 17.3 Å². The molecule has 4 nitrogen and oxygen atoms in total. The number of Topliss-reactive ketones (excluding diaryl/α,β-unsaturated/α-hetero) is 1. The molecule has 0 bridgehead atoms. The van der Waals surface area contributed by atoms with Gasteiger partial charge in [-0.2, -0.15) is 4.39 Å². The van der Waals surface area contributed by atoms with Crippen LogP contribution in [0.1, 0.15) is 47.3 Å². The number of phenolic OH excluding ortho intramolecular Hbond substituents is 1. The van der Waals surface area contributed by atoms with Gasteiger partial charge in [0.05, 0.1) is 12.2 Å². The summed E-state index contributed by atoms with van der Waals surface area (Å²) in [5.41, 5.74) is 2.98. The number of phenols is 1. The molecule has 0 radical (unpaired) electrons. The van der Waals surface area contributed by atoms with Gasteiger partial charge < -0.3 is 14.6 Å². The Labute approximate surface area is 182 Å².